The van der Waals surface area contributed by atoms with Crippen molar-refractivity contribution in [1.82, 2.24) is 14.8 Å². The van der Waals surface area contributed by atoms with E-state index in [4.69, 9.17) is 0 Å². The first-order valence-corrected chi connectivity index (χ1v) is 11.2. The highest BCUT2D eigenvalue weighted by Gasteiger charge is 2.43. The zero-order chi connectivity index (χ0) is 24.7. The van der Waals surface area contributed by atoms with E-state index < -0.39 is 17.9 Å². The van der Waals surface area contributed by atoms with E-state index in [-0.39, 0.29) is 24.8 Å². The normalized spacial score (nSPS) is 15.5. The van der Waals surface area contributed by atoms with Gasteiger partial charge in [-0.1, -0.05) is 55.0 Å². The quantitative estimate of drug-likeness (QED) is 0.481. The molecule has 0 radical (unpaired) electrons. The molecular formula is C24H36F4N4. The second-order valence-electron chi connectivity index (χ2n) is 8.45. The lowest BCUT2D eigenvalue weighted by Gasteiger charge is -2.25. The summed E-state index contributed by atoms with van der Waals surface area (Å²) in [5.74, 6) is -1.53. The first-order chi connectivity index (χ1) is 14.9. The molecule has 1 aliphatic rings. The molecule has 2 aromatic rings. The maximum Gasteiger partial charge on any atom is 0.392 e. The lowest BCUT2D eigenvalue weighted by molar-refractivity contribution is -0.179. The second kappa shape index (κ2) is 11.5. The summed E-state index contributed by atoms with van der Waals surface area (Å²) in [4.78, 5) is 4.08. The van der Waals surface area contributed by atoms with Crippen molar-refractivity contribution in [3.05, 3.63) is 42.1 Å². The molecule has 4 nitrogen and oxygen atoms in total. The van der Waals surface area contributed by atoms with Gasteiger partial charge in [-0.25, -0.2) is 4.39 Å². The Balaban J connectivity index is 0.00000121. The van der Waals surface area contributed by atoms with Gasteiger partial charge in [0.1, 0.15) is 5.82 Å². The van der Waals surface area contributed by atoms with Crippen LogP contribution in [-0.2, 0) is 13.0 Å². The predicted molar refractivity (Wildman–Crippen MR) is 123 cm³/mol. The van der Waals surface area contributed by atoms with Gasteiger partial charge >= 0.3 is 6.18 Å². The number of nitrogens with zero attached hydrogens (tertiary/aromatic N) is 3. The Bertz CT molecular complexity index is 862. The first kappa shape index (κ1) is 27.7. The van der Waals surface area contributed by atoms with E-state index >= 15 is 0 Å². The monoisotopic (exact) mass is 456 g/mol. The summed E-state index contributed by atoms with van der Waals surface area (Å²) in [6.45, 7) is 18.4. The van der Waals surface area contributed by atoms with E-state index in [0.29, 0.717) is 34.9 Å². The molecule has 180 valence electrons. The molecule has 0 fully saturated rings. The standard InChI is InChI=1S/C20H24F4N4.2C2H6/c1-12(10-19(2,3)4)26-18-17(15-6-5-14(21)11-25-15)16-9-13(20(22,23)24)7-8-28(16)27-18;2*1-2/h5-6,11,13H,1,7-10H2,2-4H3,(H,26,27);2*1-2H3. The number of nitrogens with one attached hydrogen (secondary N) is 1. The predicted octanol–water partition coefficient (Wildman–Crippen LogP) is 7.62. The highest BCUT2D eigenvalue weighted by atomic mass is 19.4. The molecule has 3 heterocycles. The van der Waals surface area contributed by atoms with Crippen LogP contribution in [0.2, 0.25) is 0 Å². The third-order valence-electron chi connectivity index (χ3n) is 4.67. The van der Waals surface area contributed by atoms with Crippen LogP contribution >= 0.6 is 0 Å². The minimum absolute atomic E-state index is 0.0148. The van der Waals surface area contributed by atoms with Gasteiger partial charge in [0.2, 0.25) is 0 Å². The van der Waals surface area contributed by atoms with Crippen molar-refractivity contribution < 1.29 is 17.6 Å². The highest BCUT2D eigenvalue weighted by Crippen LogP contribution is 2.41. The van der Waals surface area contributed by atoms with E-state index in [1.165, 1.54) is 12.1 Å². The maximum absolute atomic E-state index is 13.3. The van der Waals surface area contributed by atoms with Crippen LogP contribution in [0, 0.1) is 17.2 Å². The Morgan fingerprint density at radius 2 is 1.78 bits per heavy atom. The van der Waals surface area contributed by atoms with E-state index in [9.17, 15) is 17.6 Å². The Labute approximate surface area is 189 Å². The maximum atomic E-state index is 13.3. The Morgan fingerprint density at radius 3 is 2.28 bits per heavy atom. The van der Waals surface area contributed by atoms with Crippen LogP contribution < -0.4 is 5.32 Å². The zero-order valence-corrected chi connectivity index (χ0v) is 20.2. The second-order valence-corrected chi connectivity index (χ2v) is 8.45. The van der Waals surface area contributed by atoms with E-state index in [1.807, 2.05) is 27.7 Å². The van der Waals surface area contributed by atoms with Gasteiger partial charge in [0.25, 0.3) is 0 Å². The number of hydrogen-bond acceptors (Lipinski definition) is 3. The number of halogens is 4. The molecule has 1 aliphatic heterocycles. The number of fused-ring (bicyclic) bond motifs is 1. The van der Waals surface area contributed by atoms with Gasteiger partial charge in [-0.05, 0) is 30.4 Å². The van der Waals surface area contributed by atoms with Crippen LogP contribution in [0.15, 0.2) is 30.6 Å². The van der Waals surface area contributed by atoms with Gasteiger partial charge in [-0.2, -0.15) is 18.3 Å². The molecule has 0 amide bonds. The molecule has 2 aromatic heterocycles. The number of pyridine rings is 1. The molecular weight excluding hydrogens is 420 g/mol. The Morgan fingerprint density at radius 1 is 1.16 bits per heavy atom. The van der Waals surface area contributed by atoms with Crippen LogP contribution in [-0.4, -0.2) is 20.9 Å². The van der Waals surface area contributed by atoms with Gasteiger partial charge < -0.3 is 5.32 Å². The minimum Gasteiger partial charge on any atom is -0.342 e. The summed E-state index contributed by atoms with van der Waals surface area (Å²) in [7, 11) is 0. The Kier molecular flexibility index (Phi) is 9.92. The average Bonchev–Trinajstić information content (AvgIpc) is 3.06. The van der Waals surface area contributed by atoms with Gasteiger partial charge in [-0.15, -0.1) is 0 Å². The number of alkyl halides is 3. The van der Waals surface area contributed by atoms with Gasteiger partial charge in [0, 0.05) is 18.7 Å². The number of rotatable bonds is 4. The molecule has 8 heteroatoms. The fraction of sp³-hybridized carbons (Fsp3) is 0.583. The van der Waals surface area contributed by atoms with E-state index in [2.05, 4.69) is 42.7 Å². The van der Waals surface area contributed by atoms with Gasteiger partial charge in [0.15, 0.2) is 5.82 Å². The topological polar surface area (TPSA) is 42.7 Å². The van der Waals surface area contributed by atoms with Crippen LogP contribution in [0.1, 0.15) is 67.0 Å². The SMILES string of the molecule is C=C(CC(C)(C)C)Nc1nn2c(c1-c1ccc(F)cn1)CC(C(F)(F)F)CC2.CC.CC. The summed E-state index contributed by atoms with van der Waals surface area (Å²) >= 11 is 0. The summed E-state index contributed by atoms with van der Waals surface area (Å²) in [6.07, 6.45) is -2.75. The van der Waals surface area contributed by atoms with E-state index in [1.54, 1.807) is 4.68 Å². The number of aryl methyl sites for hydroxylation is 1. The van der Waals surface area contributed by atoms with Gasteiger partial charge in [0.05, 0.1) is 29.1 Å². The third kappa shape index (κ3) is 7.35. The number of hydrogen-bond donors (Lipinski definition) is 1. The summed E-state index contributed by atoms with van der Waals surface area (Å²) in [5.41, 5.74) is 2.01. The van der Waals surface area contributed by atoms with Crippen LogP contribution in [0.3, 0.4) is 0 Å². The zero-order valence-electron chi connectivity index (χ0n) is 20.2. The fourth-order valence-corrected chi connectivity index (χ4v) is 3.51. The molecule has 0 spiro atoms. The van der Waals surface area contributed by atoms with Crippen LogP contribution in [0.25, 0.3) is 11.3 Å². The lowest BCUT2D eigenvalue weighted by atomic mass is 9.90. The number of allylic oxidation sites excluding steroid dienone is 1. The summed E-state index contributed by atoms with van der Waals surface area (Å²) in [5, 5.41) is 7.63. The number of anilines is 1. The first-order valence-electron chi connectivity index (χ1n) is 11.2. The van der Waals surface area contributed by atoms with Crippen LogP contribution in [0.4, 0.5) is 23.4 Å². The molecule has 0 aromatic carbocycles. The minimum atomic E-state index is -4.27. The molecule has 1 atom stereocenters. The van der Waals surface area contributed by atoms with Crippen molar-refractivity contribution in [3.8, 4) is 11.3 Å². The largest absolute Gasteiger partial charge is 0.392 e. The lowest BCUT2D eigenvalue weighted by Crippen LogP contribution is -2.31. The van der Waals surface area contributed by atoms with Crippen molar-refractivity contribution in [2.24, 2.45) is 11.3 Å². The number of aromatic nitrogens is 3. The highest BCUT2D eigenvalue weighted by molar-refractivity contribution is 5.76. The van der Waals surface area contributed by atoms with Crippen molar-refractivity contribution in [2.45, 2.75) is 80.4 Å². The molecule has 32 heavy (non-hydrogen) atoms. The smallest absolute Gasteiger partial charge is 0.342 e. The molecule has 0 saturated heterocycles. The molecule has 0 aliphatic carbocycles. The summed E-state index contributed by atoms with van der Waals surface area (Å²) < 4.78 is 54.8. The van der Waals surface area contributed by atoms with Crippen molar-refractivity contribution in [1.29, 1.82) is 0 Å². The van der Waals surface area contributed by atoms with Crippen molar-refractivity contribution in [3.63, 3.8) is 0 Å². The molecule has 3 rings (SSSR count). The van der Waals surface area contributed by atoms with Crippen molar-refractivity contribution >= 4 is 5.82 Å². The molecule has 0 bridgehead atoms. The third-order valence-corrected chi connectivity index (χ3v) is 4.67. The molecule has 0 saturated carbocycles. The van der Waals surface area contributed by atoms with Crippen LogP contribution in [0.5, 0.6) is 0 Å². The average molecular weight is 457 g/mol. The molecule has 1 unspecified atom stereocenters. The van der Waals surface area contributed by atoms with E-state index in [0.717, 1.165) is 6.20 Å². The Hall–Kier alpha value is -2.38. The molecule has 1 N–H and O–H groups in total. The summed E-state index contributed by atoms with van der Waals surface area (Å²) in [6, 6.07) is 2.70. The van der Waals surface area contributed by atoms with Crippen molar-refractivity contribution in [2.75, 3.05) is 5.32 Å². The van der Waals surface area contributed by atoms with Gasteiger partial charge in [-0.3, -0.25) is 9.67 Å². The fourth-order valence-electron chi connectivity index (χ4n) is 3.51.